The summed E-state index contributed by atoms with van der Waals surface area (Å²) in [5.74, 6) is 0.0540. The Morgan fingerprint density at radius 3 is 2.84 bits per heavy atom. The Morgan fingerprint density at radius 1 is 1.42 bits per heavy atom. The maximum Gasteiger partial charge on any atom is 0.251 e. The molecule has 0 saturated heterocycles. The van der Waals surface area contributed by atoms with E-state index in [0.717, 1.165) is 31.2 Å². The summed E-state index contributed by atoms with van der Waals surface area (Å²) in [6, 6.07) is 5.30. The second-order valence-electron chi connectivity index (χ2n) is 5.29. The first kappa shape index (κ1) is 14.4. The van der Waals surface area contributed by atoms with E-state index in [4.69, 9.17) is 11.6 Å². The van der Waals surface area contributed by atoms with Crippen LogP contribution >= 0.6 is 11.6 Å². The van der Waals surface area contributed by atoms with Crippen LogP contribution in [-0.4, -0.2) is 23.7 Å². The number of carbonyl (C=O) groups excluding carboxylic acids is 1. The minimum Gasteiger partial charge on any atom is -0.393 e. The van der Waals surface area contributed by atoms with Gasteiger partial charge >= 0.3 is 0 Å². The van der Waals surface area contributed by atoms with Gasteiger partial charge in [-0.3, -0.25) is 4.79 Å². The summed E-state index contributed by atoms with van der Waals surface area (Å²) in [6.45, 7) is 2.44. The molecule has 0 aromatic heterocycles. The highest BCUT2D eigenvalue weighted by Crippen LogP contribution is 2.23. The molecule has 2 rings (SSSR count). The highest BCUT2D eigenvalue weighted by atomic mass is 35.5. The summed E-state index contributed by atoms with van der Waals surface area (Å²) < 4.78 is 0. The van der Waals surface area contributed by atoms with Crippen LogP contribution in [0.3, 0.4) is 0 Å². The van der Waals surface area contributed by atoms with E-state index in [9.17, 15) is 9.90 Å². The van der Waals surface area contributed by atoms with Crippen molar-refractivity contribution in [3.05, 3.63) is 34.3 Å². The molecule has 1 aromatic rings. The average Bonchev–Trinajstić information content (AvgIpc) is 2.40. The van der Waals surface area contributed by atoms with Gasteiger partial charge in [-0.15, -0.1) is 0 Å². The average molecular weight is 282 g/mol. The zero-order valence-electron chi connectivity index (χ0n) is 11.2. The maximum absolute atomic E-state index is 12.0. The van der Waals surface area contributed by atoms with Crippen molar-refractivity contribution < 1.29 is 9.90 Å². The van der Waals surface area contributed by atoms with Crippen LogP contribution in [0, 0.1) is 12.8 Å². The van der Waals surface area contributed by atoms with Gasteiger partial charge in [-0.25, -0.2) is 0 Å². The Kier molecular flexibility index (Phi) is 4.83. The fourth-order valence-electron chi connectivity index (χ4n) is 2.49. The van der Waals surface area contributed by atoms with Crippen molar-refractivity contribution in [1.29, 1.82) is 0 Å². The Balaban J connectivity index is 1.91. The van der Waals surface area contributed by atoms with E-state index in [1.54, 1.807) is 12.1 Å². The predicted octanol–water partition coefficient (Wildman–Crippen LogP) is 2.93. The molecule has 0 aliphatic heterocycles. The van der Waals surface area contributed by atoms with Gasteiger partial charge in [-0.05, 0) is 37.5 Å². The van der Waals surface area contributed by atoms with Gasteiger partial charge in [0.25, 0.3) is 5.91 Å². The lowest BCUT2D eigenvalue weighted by molar-refractivity contribution is 0.0663. The molecule has 0 radical (unpaired) electrons. The fraction of sp³-hybridized carbons (Fsp3) is 0.533. The van der Waals surface area contributed by atoms with Gasteiger partial charge in [0.05, 0.1) is 6.10 Å². The molecule has 3 nitrogen and oxygen atoms in total. The van der Waals surface area contributed by atoms with E-state index in [1.807, 2.05) is 13.0 Å². The zero-order valence-corrected chi connectivity index (χ0v) is 11.9. The van der Waals surface area contributed by atoms with Gasteiger partial charge in [-0.1, -0.05) is 30.5 Å². The largest absolute Gasteiger partial charge is 0.393 e. The molecule has 1 saturated carbocycles. The number of hydrogen-bond acceptors (Lipinski definition) is 2. The smallest absolute Gasteiger partial charge is 0.251 e. The third kappa shape index (κ3) is 3.71. The summed E-state index contributed by atoms with van der Waals surface area (Å²) in [7, 11) is 0. The third-order valence-corrected chi connectivity index (χ3v) is 4.23. The molecule has 1 aliphatic carbocycles. The minimum atomic E-state index is -0.282. The number of aliphatic hydroxyl groups excluding tert-OH is 1. The molecular weight excluding hydrogens is 262 g/mol. The van der Waals surface area contributed by atoms with E-state index < -0.39 is 0 Å². The molecule has 2 atom stereocenters. The lowest BCUT2D eigenvalue weighted by Crippen LogP contribution is -2.36. The van der Waals surface area contributed by atoms with Gasteiger partial charge in [0, 0.05) is 23.0 Å². The molecule has 0 heterocycles. The van der Waals surface area contributed by atoms with Crippen LogP contribution in [0.25, 0.3) is 0 Å². The topological polar surface area (TPSA) is 49.3 Å². The molecule has 2 unspecified atom stereocenters. The number of carbonyl (C=O) groups is 1. The van der Waals surface area contributed by atoms with Crippen LogP contribution in [0.2, 0.25) is 5.02 Å². The Labute approximate surface area is 119 Å². The highest BCUT2D eigenvalue weighted by Gasteiger charge is 2.23. The molecule has 19 heavy (non-hydrogen) atoms. The Bertz CT molecular complexity index is 461. The number of halogens is 1. The van der Waals surface area contributed by atoms with Crippen molar-refractivity contribution in [2.24, 2.45) is 5.92 Å². The highest BCUT2D eigenvalue weighted by molar-refractivity contribution is 6.31. The summed E-state index contributed by atoms with van der Waals surface area (Å²) >= 11 is 6.01. The third-order valence-electron chi connectivity index (χ3n) is 3.83. The number of nitrogens with one attached hydrogen (secondary N) is 1. The first-order chi connectivity index (χ1) is 9.08. The van der Waals surface area contributed by atoms with Crippen molar-refractivity contribution in [2.45, 2.75) is 38.7 Å². The molecule has 1 amide bonds. The second-order valence-corrected chi connectivity index (χ2v) is 5.69. The normalized spacial score (nSPS) is 23.1. The van der Waals surface area contributed by atoms with Gasteiger partial charge in [0.15, 0.2) is 0 Å². The molecule has 0 bridgehead atoms. The van der Waals surface area contributed by atoms with E-state index in [-0.39, 0.29) is 17.9 Å². The van der Waals surface area contributed by atoms with Gasteiger partial charge in [-0.2, -0.15) is 0 Å². The number of aryl methyl sites for hydroxylation is 1. The minimum absolute atomic E-state index is 0.125. The van der Waals surface area contributed by atoms with Crippen molar-refractivity contribution in [3.8, 4) is 0 Å². The first-order valence-electron chi connectivity index (χ1n) is 6.80. The number of amides is 1. The second kappa shape index (κ2) is 6.40. The summed E-state index contributed by atoms with van der Waals surface area (Å²) in [5.41, 5.74) is 1.53. The zero-order chi connectivity index (χ0) is 13.8. The SMILES string of the molecule is Cc1ccc(C(=O)NCC2CCCCC2O)cc1Cl. The van der Waals surface area contributed by atoms with Gasteiger partial charge in [0.1, 0.15) is 0 Å². The molecule has 104 valence electrons. The van der Waals surface area contributed by atoms with E-state index in [1.165, 1.54) is 0 Å². The summed E-state index contributed by atoms with van der Waals surface area (Å²) in [5, 5.41) is 13.4. The lowest BCUT2D eigenvalue weighted by Gasteiger charge is -2.27. The fourth-order valence-corrected chi connectivity index (χ4v) is 2.67. The van der Waals surface area contributed by atoms with Gasteiger partial charge < -0.3 is 10.4 Å². The van der Waals surface area contributed by atoms with Crippen molar-refractivity contribution in [1.82, 2.24) is 5.32 Å². The quantitative estimate of drug-likeness (QED) is 0.895. The Morgan fingerprint density at radius 2 is 2.16 bits per heavy atom. The van der Waals surface area contributed by atoms with Crippen molar-refractivity contribution in [2.75, 3.05) is 6.54 Å². The number of benzene rings is 1. The van der Waals surface area contributed by atoms with Crippen LogP contribution in [-0.2, 0) is 0 Å². The van der Waals surface area contributed by atoms with Crippen molar-refractivity contribution >= 4 is 17.5 Å². The van der Waals surface area contributed by atoms with Crippen LogP contribution < -0.4 is 5.32 Å². The molecule has 1 aromatic carbocycles. The van der Waals surface area contributed by atoms with E-state index in [2.05, 4.69) is 5.32 Å². The lowest BCUT2D eigenvalue weighted by atomic mass is 9.86. The maximum atomic E-state index is 12.0. The van der Waals surface area contributed by atoms with Crippen LogP contribution in [0.15, 0.2) is 18.2 Å². The first-order valence-corrected chi connectivity index (χ1v) is 7.18. The van der Waals surface area contributed by atoms with Crippen LogP contribution in [0.1, 0.15) is 41.6 Å². The standard InChI is InChI=1S/C15H20ClNO2/c1-10-6-7-11(8-13(10)16)15(19)17-9-12-4-2-3-5-14(12)18/h6-8,12,14,18H,2-5,9H2,1H3,(H,17,19). The number of aliphatic hydroxyl groups is 1. The van der Waals surface area contributed by atoms with E-state index in [0.29, 0.717) is 17.1 Å². The monoisotopic (exact) mass is 281 g/mol. The molecule has 0 spiro atoms. The Hall–Kier alpha value is -1.06. The predicted molar refractivity (Wildman–Crippen MR) is 76.5 cm³/mol. The number of hydrogen-bond donors (Lipinski definition) is 2. The van der Waals surface area contributed by atoms with Crippen molar-refractivity contribution in [3.63, 3.8) is 0 Å². The molecule has 1 fully saturated rings. The van der Waals surface area contributed by atoms with Gasteiger partial charge in [0.2, 0.25) is 0 Å². The number of rotatable bonds is 3. The molecule has 4 heteroatoms. The molecule has 2 N–H and O–H groups in total. The molecule has 1 aliphatic rings. The van der Waals surface area contributed by atoms with Crippen LogP contribution in [0.4, 0.5) is 0 Å². The molecular formula is C15H20ClNO2. The van der Waals surface area contributed by atoms with Crippen LogP contribution in [0.5, 0.6) is 0 Å². The van der Waals surface area contributed by atoms with E-state index >= 15 is 0 Å². The summed E-state index contributed by atoms with van der Waals surface area (Å²) in [4.78, 5) is 12.0. The summed E-state index contributed by atoms with van der Waals surface area (Å²) in [6.07, 6.45) is 3.76.